The lowest BCUT2D eigenvalue weighted by Gasteiger charge is -2.31. The second-order valence-corrected chi connectivity index (χ2v) is 7.39. The number of piperidine rings is 1. The molecule has 1 unspecified atom stereocenters. The van der Waals surface area contributed by atoms with Crippen molar-refractivity contribution in [3.8, 4) is 11.3 Å². The number of benzene rings is 2. The van der Waals surface area contributed by atoms with Crippen molar-refractivity contribution in [1.29, 1.82) is 0 Å². The second kappa shape index (κ2) is 8.31. The molecule has 1 aromatic heterocycles. The topological polar surface area (TPSA) is 75.4 Å². The molecule has 29 heavy (non-hydrogen) atoms. The van der Waals surface area contributed by atoms with Crippen LogP contribution in [0.25, 0.3) is 11.3 Å². The lowest BCUT2D eigenvalue weighted by atomic mass is 9.96. The van der Waals surface area contributed by atoms with Gasteiger partial charge in [0.25, 0.3) is 5.91 Å². The van der Waals surface area contributed by atoms with Crippen molar-refractivity contribution >= 4 is 17.5 Å². The molecule has 2 heterocycles. The number of hydrogen-bond acceptors (Lipinski definition) is 4. The molecule has 2 amide bonds. The molecule has 0 saturated carbocycles. The van der Waals surface area contributed by atoms with E-state index in [1.807, 2.05) is 61.5 Å². The van der Waals surface area contributed by atoms with Gasteiger partial charge in [-0.2, -0.15) is 0 Å². The number of aryl methyl sites for hydroxylation is 1. The summed E-state index contributed by atoms with van der Waals surface area (Å²) in [4.78, 5) is 27.2. The van der Waals surface area contributed by atoms with Crippen molar-refractivity contribution in [1.82, 2.24) is 10.1 Å². The van der Waals surface area contributed by atoms with E-state index in [9.17, 15) is 9.59 Å². The first kappa shape index (κ1) is 18.9. The van der Waals surface area contributed by atoms with Gasteiger partial charge in [0.15, 0.2) is 0 Å². The molecule has 4 rings (SSSR count). The Bertz CT molecular complexity index is 996. The first-order chi connectivity index (χ1) is 14.1. The highest BCUT2D eigenvalue weighted by molar-refractivity contribution is 5.95. The third-order valence-corrected chi connectivity index (χ3v) is 5.19. The van der Waals surface area contributed by atoms with E-state index in [0.29, 0.717) is 18.8 Å². The van der Waals surface area contributed by atoms with Crippen LogP contribution in [0.2, 0.25) is 0 Å². The van der Waals surface area contributed by atoms with Crippen LogP contribution in [0.4, 0.5) is 5.69 Å². The summed E-state index contributed by atoms with van der Waals surface area (Å²) >= 11 is 0. The van der Waals surface area contributed by atoms with Gasteiger partial charge in [0.2, 0.25) is 11.7 Å². The maximum atomic E-state index is 12.9. The minimum absolute atomic E-state index is 0.0633. The summed E-state index contributed by atoms with van der Waals surface area (Å²) in [5, 5.41) is 6.97. The van der Waals surface area contributed by atoms with E-state index < -0.39 is 0 Å². The molecule has 1 aliphatic rings. The van der Waals surface area contributed by atoms with E-state index >= 15 is 0 Å². The van der Waals surface area contributed by atoms with E-state index in [1.165, 1.54) is 0 Å². The van der Waals surface area contributed by atoms with Gasteiger partial charge in [-0.05, 0) is 31.9 Å². The number of nitrogens with zero attached hydrogens (tertiary/aromatic N) is 2. The Hall–Kier alpha value is -3.41. The second-order valence-electron chi connectivity index (χ2n) is 7.39. The van der Waals surface area contributed by atoms with Crippen LogP contribution in [0.5, 0.6) is 0 Å². The normalized spacial score (nSPS) is 16.4. The summed E-state index contributed by atoms with van der Waals surface area (Å²) in [6.07, 6.45) is 1.53. The molecular weight excluding hydrogens is 366 g/mol. The van der Waals surface area contributed by atoms with Gasteiger partial charge >= 0.3 is 0 Å². The molecule has 0 aliphatic carbocycles. The monoisotopic (exact) mass is 389 g/mol. The first-order valence-corrected chi connectivity index (χ1v) is 9.79. The van der Waals surface area contributed by atoms with Crippen molar-refractivity contribution in [2.45, 2.75) is 19.8 Å². The fourth-order valence-electron chi connectivity index (χ4n) is 3.53. The van der Waals surface area contributed by atoms with Gasteiger partial charge in [0, 0.05) is 30.4 Å². The largest absolute Gasteiger partial charge is 0.350 e. The van der Waals surface area contributed by atoms with Crippen LogP contribution in [-0.2, 0) is 4.79 Å². The summed E-state index contributed by atoms with van der Waals surface area (Å²) in [5.74, 6) is -0.336. The molecule has 2 aromatic carbocycles. The Morgan fingerprint density at radius 1 is 1.10 bits per heavy atom. The number of nitrogens with one attached hydrogen (secondary N) is 1. The SMILES string of the molecule is Cc1ccc(-c2cc(C(=O)N3CCCC(C(=O)Nc4ccccc4)C3)on2)cc1. The third kappa shape index (κ3) is 4.37. The molecule has 1 saturated heterocycles. The summed E-state index contributed by atoms with van der Waals surface area (Å²) in [6.45, 7) is 2.99. The van der Waals surface area contributed by atoms with Crippen LogP contribution in [0, 0.1) is 12.8 Å². The number of likely N-dealkylation sites (tertiary alicyclic amines) is 1. The fourth-order valence-corrected chi connectivity index (χ4v) is 3.53. The van der Waals surface area contributed by atoms with Crippen LogP contribution < -0.4 is 5.32 Å². The van der Waals surface area contributed by atoms with Gasteiger partial charge in [0.1, 0.15) is 5.69 Å². The number of anilines is 1. The highest BCUT2D eigenvalue weighted by Crippen LogP contribution is 2.23. The van der Waals surface area contributed by atoms with Crippen molar-refractivity contribution in [3.05, 3.63) is 72.0 Å². The van der Waals surface area contributed by atoms with Crippen LogP contribution in [0.15, 0.2) is 65.2 Å². The molecule has 0 bridgehead atoms. The highest BCUT2D eigenvalue weighted by atomic mass is 16.5. The molecule has 6 heteroatoms. The lowest BCUT2D eigenvalue weighted by Crippen LogP contribution is -2.43. The van der Waals surface area contributed by atoms with Gasteiger partial charge in [-0.25, -0.2) is 0 Å². The smallest absolute Gasteiger partial charge is 0.292 e. The van der Waals surface area contributed by atoms with Gasteiger partial charge in [-0.3, -0.25) is 9.59 Å². The Labute approximate surface area is 169 Å². The lowest BCUT2D eigenvalue weighted by molar-refractivity contribution is -0.121. The average Bonchev–Trinajstić information content (AvgIpc) is 3.25. The zero-order valence-corrected chi connectivity index (χ0v) is 16.3. The number of aromatic nitrogens is 1. The maximum Gasteiger partial charge on any atom is 0.292 e. The van der Waals surface area contributed by atoms with Crippen LogP contribution >= 0.6 is 0 Å². The first-order valence-electron chi connectivity index (χ1n) is 9.79. The molecule has 1 fully saturated rings. The number of hydrogen-bond donors (Lipinski definition) is 1. The van der Waals surface area contributed by atoms with Crippen molar-refractivity contribution in [2.24, 2.45) is 5.92 Å². The molecule has 1 aliphatic heterocycles. The fraction of sp³-hybridized carbons (Fsp3) is 0.261. The Morgan fingerprint density at radius 2 is 1.86 bits per heavy atom. The van der Waals surface area contributed by atoms with E-state index in [0.717, 1.165) is 29.7 Å². The zero-order chi connectivity index (χ0) is 20.2. The molecule has 0 radical (unpaired) electrons. The summed E-state index contributed by atoms with van der Waals surface area (Å²) in [6, 6.07) is 18.9. The van der Waals surface area contributed by atoms with Crippen molar-refractivity contribution in [2.75, 3.05) is 18.4 Å². The molecule has 1 N–H and O–H groups in total. The summed E-state index contributed by atoms with van der Waals surface area (Å²) in [5.41, 5.74) is 3.45. The maximum absolute atomic E-state index is 12.9. The van der Waals surface area contributed by atoms with E-state index in [4.69, 9.17) is 4.52 Å². The molecule has 1 atom stereocenters. The van der Waals surface area contributed by atoms with Gasteiger partial charge in [0.05, 0.1) is 5.92 Å². The summed E-state index contributed by atoms with van der Waals surface area (Å²) in [7, 11) is 0. The standard InChI is InChI=1S/C23H23N3O3/c1-16-9-11-17(12-10-16)20-14-21(29-25-20)23(28)26-13-5-6-18(15-26)22(27)24-19-7-3-2-4-8-19/h2-4,7-12,14,18H,5-6,13,15H2,1H3,(H,24,27). The number of para-hydroxylation sites is 1. The minimum Gasteiger partial charge on any atom is -0.350 e. The predicted octanol–water partition coefficient (Wildman–Crippen LogP) is 4.14. The minimum atomic E-state index is -0.243. The third-order valence-electron chi connectivity index (χ3n) is 5.19. The molecular formula is C23H23N3O3. The van der Waals surface area contributed by atoms with Gasteiger partial charge < -0.3 is 14.7 Å². The molecule has 6 nitrogen and oxygen atoms in total. The van der Waals surface area contributed by atoms with Crippen LogP contribution in [0.3, 0.4) is 0 Å². The van der Waals surface area contributed by atoms with Crippen molar-refractivity contribution in [3.63, 3.8) is 0 Å². The quantitative estimate of drug-likeness (QED) is 0.728. The molecule has 3 aromatic rings. The van der Waals surface area contributed by atoms with Gasteiger partial charge in [-0.1, -0.05) is 53.2 Å². The van der Waals surface area contributed by atoms with E-state index in [2.05, 4.69) is 10.5 Å². The summed E-state index contributed by atoms with van der Waals surface area (Å²) < 4.78 is 5.31. The predicted molar refractivity (Wildman–Crippen MR) is 110 cm³/mol. The zero-order valence-electron chi connectivity index (χ0n) is 16.3. The highest BCUT2D eigenvalue weighted by Gasteiger charge is 2.30. The van der Waals surface area contributed by atoms with Gasteiger partial charge in [-0.15, -0.1) is 0 Å². The Balaban J connectivity index is 1.42. The Kier molecular flexibility index (Phi) is 5.42. The number of amides is 2. The van der Waals surface area contributed by atoms with E-state index in [1.54, 1.807) is 11.0 Å². The van der Waals surface area contributed by atoms with Crippen LogP contribution in [-0.4, -0.2) is 35.0 Å². The number of carbonyl (C=O) groups excluding carboxylic acids is 2. The number of carbonyl (C=O) groups is 2. The van der Waals surface area contributed by atoms with E-state index in [-0.39, 0.29) is 23.5 Å². The van der Waals surface area contributed by atoms with Crippen LogP contribution in [0.1, 0.15) is 29.0 Å². The Morgan fingerprint density at radius 3 is 2.62 bits per heavy atom. The average molecular weight is 389 g/mol. The number of rotatable bonds is 4. The van der Waals surface area contributed by atoms with Crippen molar-refractivity contribution < 1.29 is 14.1 Å². The molecule has 148 valence electrons. The molecule has 0 spiro atoms.